The van der Waals surface area contributed by atoms with Crippen molar-refractivity contribution < 1.29 is 19.1 Å². The number of esters is 1. The van der Waals surface area contributed by atoms with Gasteiger partial charge in [-0.1, -0.05) is 6.07 Å². The number of hydrogen-bond acceptors (Lipinski definition) is 5. The SMILES string of the molecule is COc1cc(-c2nc3c(C(N)=O)cccc3[nH]2)cc(Br)c1OC(=O)C(C)(C)C. The predicted molar refractivity (Wildman–Crippen MR) is 109 cm³/mol. The Bertz CT molecular complexity index is 1080. The van der Waals surface area contributed by atoms with E-state index < -0.39 is 11.3 Å². The molecule has 3 rings (SSSR count). The van der Waals surface area contributed by atoms with E-state index in [1.165, 1.54) is 7.11 Å². The van der Waals surface area contributed by atoms with Gasteiger partial charge < -0.3 is 20.2 Å². The first-order valence-electron chi connectivity index (χ1n) is 8.50. The third-order valence-electron chi connectivity index (χ3n) is 4.09. The van der Waals surface area contributed by atoms with Crippen molar-refractivity contribution in [2.45, 2.75) is 20.8 Å². The number of nitrogens with two attached hydrogens (primary N) is 1. The molecule has 0 fully saturated rings. The molecule has 7 nitrogen and oxygen atoms in total. The average Bonchev–Trinajstić information content (AvgIpc) is 3.06. The number of primary amides is 1. The number of amides is 1. The molecule has 8 heteroatoms. The molecule has 1 heterocycles. The minimum atomic E-state index is -0.660. The number of hydrogen-bond donors (Lipinski definition) is 2. The molecule has 1 amide bonds. The first-order valence-corrected chi connectivity index (χ1v) is 9.30. The van der Waals surface area contributed by atoms with Crippen LogP contribution >= 0.6 is 15.9 Å². The molecule has 1 aromatic heterocycles. The number of methoxy groups -OCH3 is 1. The van der Waals surface area contributed by atoms with E-state index in [2.05, 4.69) is 25.9 Å². The monoisotopic (exact) mass is 445 g/mol. The van der Waals surface area contributed by atoms with Crippen LogP contribution in [0, 0.1) is 5.41 Å². The van der Waals surface area contributed by atoms with Gasteiger partial charge in [0.05, 0.1) is 28.1 Å². The summed E-state index contributed by atoms with van der Waals surface area (Å²) in [6.07, 6.45) is 0. The highest BCUT2D eigenvalue weighted by molar-refractivity contribution is 9.10. The number of nitrogens with zero attached hydrogens (tertiary/aromatic N) is 1. The van der Waals surface area contributed by atoms with Crippen LogP contribution in [0.3, 0.4) is 0 Å². The van der Waals surface area contributed by atoms with E-state index in [1.807, 2.05) is 6.07 Å². The van der Waals surface area contributed by atoms with Crippen molar-refractivity contribution in [3.05, 3.63) is 40.4 Å². The lowest BCUT2D eigenvalue weighted by atomic mass is 9.97. The first-order chi connectivity index (χ1) is 13.1. The predicted octanol–water partition coefficient (Wildman–Crippen LogP) is 4.05. The average molecular weight is 446 g/mol. The third kappa shape index (κ3) is 3.73. The van der Waals surface area contributed by atoms with Crippen LogP contribution in [-0.2, 0) is 4.79 Å². The van der Waals surface area contributed by atoms with Crippen LogP contribution in [-0.4, -0.2) is 29.0 Å². The van der Waals surface area contributed by atoms with Crippen molar-refractivity contribution in [2.75, 3.05) is 7.11 Å². The highest BCUT2D eigenvalue weighted by Crippen LogP contribution is 2.40. The summed E-state index contributed by atoms with van der Waals surface area (Å²) in [7, 11) is 1.49. The number of rotatable bonds is 4. The molecule has 0 aliphatic heterocycles. The Morgan fingerprint density at radius 3 is 2.54 bits per heavy atom. The second kappa shape index (κ2) is 7.27. The summed E-state index contributed by atoms with van der Waals surface area (Å²) in [4.78, 5) is 31.6. The zero-order valence-corrected chi connectivity index (χ0v) is 17.5. The maximum absolute atomic E-state index is 12.3. The number of H-pyrrole nitrogens is 1. The largest absolute Gasteiger partial charge is 0.493 e. The highest BCUT2D eigenvalue weighted by atomic mass is 79.9. The molecule has 0 saturated carbocycles. The van der Waals surface area contributed by atoms with Crippen molar-refractivity contribution in [1.29, 1.82) is 0 Å². The Kier molecular flexibility index (Phi) is 5.16. The van der Waals surface area contributed by atoms with E-state index in [9.17, 15) is 9.59 Å². The molecule has 146 valence electrons. The Balaban J connectivity index is 2.08. The fourth-order valence-corrected chi connectivity index (χ4v) is 3.09. The maximum atomic E-state index is 12.3. The number of fused-ring (bicyclic) bond motifs is 1. The smallest absolute Gasteiger partial charge is 0.316 e. The van der Waals surface area contributed by atoms with Gasteiger partial charge in [-0.25, -0.2) is 4.98 Å². The molecular weight excluding hydrogens is 426 g/mol. The lowest BCUT2D eigenvalue weighted by Gasteiger charge is -2.19. The number of carbonyl (C=O) groups is 2. The van der Waals surface area contributed by atoms with Gasteiger partial charge in [0.2, 0.25) is 0 Å². The zero-order chi connectivity index (χ0) is 20.6. The second-order valence-electron chi connectivity index (χ2n) is 7.28. The number of imidazole rings is 1. The Labute approximate surface area is 170 Å². The van der Waals surface area contributed by atoms with E-state index in [0.717, 1.165) is 0 Å². The summed E-state index contributed by atoms with van der Waals surface area (Å²) < 4.78 is 11.5. The van der Waals surface area contributed by atoms with Gasteiger partial charge in [0.15, 0.2) is 11.5 Å². The van der Waals surface area contributed by atoms with Crippen molar-refractivity contribution in [1.82, 2.24) is 9.97 Å². The van der Waals surface area contributed by atoms with E-state index in [4.69, 9.17) is 15.2 Å². The van der Waals surface area contributed by atoms with Gasteiger partial charge in [0.25, 0.3) is 5.91 Å². The van der Waals surface area contributed by atoms with Gasteiger partial charge in [-0.15, -0.1) is 0 Å². The number of benzene rings is 2. The minimum absolute atomic E-state index is 0.292. The number of halogens is 1. The molecule has 0 atom stereocenters. The molecule has 0 unspecified atom stereocenters. The van der Waals surface area contributed by atoms with Crippen molar-refractivity contribution >= 4 is 38.8 Å². The zero-order valence-electron chi connectivity index (χ0n) is 15.9. The topological polar surface area (TPSA) is 107 Å². The number of ether oxygens (including phenoxy) is 2. The summed E-state index contributed by atoms with van der Waals surface area (Å²) >= 11 is 3.44. The summed E-state index contributed by atoms with van der Waals surface area (Å²) in [5.41, 5.74) is 6.97. The summed E-state index contributed by atoms with van der Waals surface area (Å²) in [6, 6.07) is 8.63. The van der Waals surface area contributed by atoms with Crippen LogP contribution in [0.2, 0.25) is 0 Å². The molecule has 0 saturated heterocycles. The summed E-state index contributed by atoms with van der Waals surface area (Å²) in [5, 5.41) is 0. The van der Waals surface area contributed by atoms with Gasteiger partial charge in [0.1, 0.15) is 11.3 Å². The van der Waals surface area contributed by atoms with E-state index in [1.54, 1.807) is 45.0 Å². The fraction of sp³-hybridized carbons (Fsp3) is 0.250. The molecule has 0 aliphatic carbocycles. The molecule has 0 radical (unpaired) electrons. The molecule has 0 aliphatic rings. The Hall–Kier alpha value is -2.87. The number of nitrogens with one attached hydrogen (secondary N) is 1. The fourth-order valence-electron chi connectivity index (χ4n) is 2.57. The van der Waals surface area contributed by atoms with E-state index >= 15 is 0 Å². The van der Waals surface area contributed by atoms with Crippen LogP contribution < -0.4 is 15.2 Å². The van der Waals surface area contributed by atoms with Crippen molar-refractivity contribution in [2.24, 2.45) is 11.1 Å². The van der Waals surface area contributed by atoms with Gasteiger partial charge in [0, 0.05) is 5.56 Å². The van der Waals surface area contributed by atoms with Crippen molar-refractivity contribution in [3.63, 3.8) is 0 Å². The van der Waals surface area contributed by atoms with Crippen LogP contribution in [0.4, 0.5) is 0 Å². The van der Waals surface area contributed by atoms with Gasteiger partial charge in [-0.2, -0.15) is 0 Å². The number of carbonyl (C=O) groups excluding carboxylic acids is 2. The molecule has 0 bridgehead atoms. The number of para-hydroxylation sites is 1. The lowest BCUT2D eigenvalue weighted by molar-refractivity contribution is -0.143. The summed E-state index contributed by atoms with van der Waals surface area (Å²) in [6.45, 7) is 5.32. The van der Waals surface area contributed by atoms with E-state index in [-0.39, 0.29) is 5.97 Å². The quantitative estimate of drug-likeness (QED) is 0.465. The third-order valence-corrected chi connectivity index (χ3v) is 4.68. The molecule has 2 aromatic carbocycles. The second-order valence-corrected chi connectivity index (χ2v) is 8.13. The van der Waals surface area contributed by atoms with Gasteiger partial charge >= 0.3 is 5.97 Å². The van der Waals surface area contributed by atoms with Gasteiger partial charge in [-0.05, 0) is 61.0 Å². The van der Waals surface area contributed by atoms with E-state index in [0.29, 0.717) is 44.0 Å². The van der Waals surface area contributed by atoms with Gasteiger partial charge in [-0.3, -0.25) is 9.59 Å². The van der Waals surface area contributed by atoms with Crippen LogP contribution in [0.15, 0.2) is 34.8 Å². The number of aromatic amines is 1. The van der Waals surface area contributed by atoms with Crippen LogP contribution in [0.5, 0.6) is 11.5 Å². The van der Waals surface area contributed by atoms with Crippen LogP contribution in [0.25, 0.3) is 22.4 Å². The maximum Gasteiger partial charge on any atom is 0.316 e. The highest BCUT2D eigenvalue weighted by Gasteiger charge is 2.26. The first kappa shape index (κ1) is 19.9. The van der Waals surface area contributed by atoms with Crippen molar-refractivity contribution in [3.8, 4) is 22.9 Å². The summed E-state index contributed by atoms with van der Waals surface area (Å²) in [5.74, 6) is 0.259. The Morgan fingerprint density at radius 1 is 1.21 bits per heavy atom. The van der Waals surface area contributed by atoms with Crippen LogP contribution in [0.1, 0.15) is 31.1 Å². The minimum Gasteiger partial charge on any atom is -0.493 e. The number of aromatic nitrogens is 2. The normalized spacial score (nSPS) is 11.5. The molecule has 0 spiro atoms. The lowest BCUT2D eigenvalue weighted by Crippen LogP contribution is -2.25. The molecular formula is C20H20BrN3O4. The standard InChI is InChI=1S/C20H20BrN3O4/c1-20(2,3)19(26)28-16-12(21)8-10(9-14(16)27-4)18-23-13-7-5-6-11(17(22)25)15(13)24-18/h5-9H,1-4H3,(H2,22,25)(H,23,24). The Morgan fingerprint density at radius 2 is 1.93 bits per heavy atom. The molecule has 3 aromatic rings. The molecule has 28 heavy (non-hydrogen) atoms. The molecule has 3 N–H and O–H groups in total.